The van der Waals surface area contributed by atoms with Crippen molar-refractivity contribution < 1.29 is 16.8 Å². The van der Waals surface area contributed by atoms with Crippen LogP contribution in [0.1, 0.15) is 18.4 Å². The number of nitrogens with one attached hydrogen (secondary N) is 1. The maximum atomic E-state index is 13.1. The number of anilines is 2. The minimum atomic E-state index is -3.88. The lowest BCUT2D eigenvalue weighted by Gasteiger charge is -2.28. The molecule has 0 aliphatic carbocycles. The van der Waals surface area contributed by atoms with Crippen LogP contribution in [-0.2, 0) is 20.0 Å². The molecule has 0 spiro atoms. The highest BCUT2D eigenvalue weighted by Crippen LogP contribution is 2.32. The van der Waals surface area contributed by atoms with Crippen LogP contribution < -0.4 is 9.03 Å². The molecule has 1 N–H and O–H groups in total. The summed E-state index contributed by atoms with van der Waals surface area (Å²) < 4.78 is 54.9. The van der Waals surface area contributed by atoms with Crippen LogP contribution in [0, 0.1) is 6.92 Å². The third kappa shape index (κ3) is 4.61. The fraction of sp³-hybridized carbons (Fsp3) is 0.192. The minimum Gasteiger partial charge on any atom is -0.280 e. The Kier molecular flexibility index (Phi) is 5.98. The Morgan fingerprint density at radius 1 is 0.943 bits per heavy atom. The number of hydrogen-bond acceptors (Lipinski definition) is 5. The number of pyridine rings is 1. The van der Waals surface area contributed by atoms with Gasteiger partial charge < -0.3 is 0 Å². The molecule has 180 valence electrons. The first-order valence-electron chi connectivity index (χ1n) is 11.3. The van der Waals surface area contributed by atoms with Crippen molar-refractivity contribution in [2.75, 3.05) is 21.3 Å². The van der Waals surface area contributed by atoms with Crippen molar-refractivity contribution in [3.8, 4) is 11.3 Å². The van der Waals surface area contributed by atoms with Gasteiger partial charge in [-0.3, -0.25) is 14.0 Å². The van der Waals surface area contributed by atoms with Crippen molar-refractivity contribution in [1.29, 1.82) is 0 Å². The van der Waals surface area contributed by atoms with Crippen LogP contribution in [0.25, 0.3) is 22.0 Å². The van der Waals surface area contributed by atoms with Gasteiger partial charge in [0.25, 0.3) is 10.0 Å². The summed E-state index contributed by atoms with van der Waals surface area (Å²) in [6.45, 7) is 2.37. The van der Waals surface area contributed by atoms with Gasteiger partial charge in [-0.25, -0.2) is 16.8 Å². The van der Waals surface area contributed by atoms with Gasteiger partial charge in [0.1, 0.15) is 0 Å². The topological polar surface area (TPSA) is 96.4 Å². The second-order valence-electron chi connectivity index (χ2n) is 8.61. The average molecular weight is 508 g/mol. The summed E-state index contributed by atoms with van der Waals surface area (Å²) in [5.74, 6) is 0.107. The highest BCUT2D eigenvalue weighted by atomic mass is 32.2. The van der Waals surface area contributed by atoms with Crippen LogP contribution in [0.2, 0.25) is 0 Å². The van der Waals surface area contributed by atoms with E-state index < -0.39 is 20.0 Å². The largest absolute Gasteiger partial charge is 0.280 e. The molecule has 0 bridgehead atoms. The normalized spacial score (nSPS) is 15.7. The van der Waals surface area contributed by atoms with Crippen molar-refractivity contribution in [3.63, 3.8) is 0 Å². The quantitative estimate of drug-likeness (QED) is 0.413. The molecule has 2 heterocycles. The first kappa shape index (κ1) is 23.3. The molecule has 1 saturated heterocycles. The number of sulfonamides is 2. The number of aryl methyl sites for hydroxylation is 1. The first-order chi connectivity index (χ1) is 16.7. The number of aromatic nitrogens is 1. The highest BCUT2D eigenvalue weighted by Gasteiger charge is 2.26. The zero-order valence-electron chi connectivity index (χ0n) is 19.2. The Bertz CT molecular complexity index is 1610. The lowest BCUT2D eigenvalue weighted by Crippen LogP contribution is -2.37. The Morgan fingerprint density at radius 3 is 2.49 bits per heavy atom. The van der Waals surface area contributed by atoms with Crippen molar-refractivity contribution in [3.05, 3.63) is 84.6 Å². The summed E-state index contributed by atoms with van der Waals surface area (Å²) in [6, 6.07) is 21.2. The summed E-state index contributed by atoms with van der Waals surface area (Å²) >= 11 is 0. The Hall–Kier alpha value is -3.43. The molecular weight excluding hydrogens is 482 g/mol. The molecule has 0 atom stereocenters. The number of fused-ring (bicyclic) bond motifs is 1. The minimum absolute atomic E-state index is 0.0565. The van der Waals surface area contributed by atoms with E-state index in [1.54, 1.807) is 18.3 Å². The Morgan fingerprint density at radius 2 is 1.71 bits per heavy atom. The van der Waals surface area contributed by atoms with Crippen molar-refractivity contribution in [2.24, 2.45) is 0 Å². The Labute approximate surface area is 205 Å². The third-order valence-corrected chi connectivity index (χ3v) is 9.47. The predicted octanol–water partition coefficient (Wildman–Crippen LogP) is 4.94. The zero-order chi connectivity index (χ0) is 24.6. The van der Waals surface area contributed by atoms with E-state index >= 15 is 0 Å². The summed E-state index contributed by atoms with van der Waals surface area (Å²) in [6.07, 6.45) is 3.17. The van der Waals surface area contributed by atoms with Gasteiger partial charge in [0.15, 0.2) is 0 Å². The third-order valence-electron chi connectivity index (χ3n) is 6.20. The molecule has 1 aliphatic heterocycles. The van der Waals surface area contributed by atoms with Gasteiger partial charge in [-0.2, -0.15) is 0 Å². The Balaban J connectivity index is 1.44. The second kappa shape index (κ2) is 8.98. The second-order valence-corrected chi connectivity index (χ2v) is 12.3. The number of hydrogen-bond donors (Lipinski definition) is 1. The predicted molar refractivity (Wildman–Crippen MR) is 140 cm³/mol. The molecule has 9 heteroatoms. The fourth-order valence-corrected chi connectivity index (χ4v) is 7.05. The molecule has 4 aromatic rings. The molecule has 3 aromatic carbocycles. The molecule has 1 aromatic heterocycles. The van der Waals surface area contributed by atoms with Crippen molar-refractivity contribution >= 4 is 42.2 Å². The van der Waals surface area contributed by atoms with Crippen LogP contribution in [0.5, 0.6) is 0 Å². The molecule has 7 nitrogen and oxygen atoms in total. The van der Waals surface area contributed by atoms with E-state index in [-0.39, 0.29) is 10.6 Å². The molecule has 5 rings (SSSR count). The summed E-state index contributed by atoms with van der Waals surface area (Å²) in [5.41, 5.74) is 3.50. The average Bonchev–Trinajstić information content (AvgIpc) is 2.85. The lowest BCUT2D eigenvalue weighted by molar-refractivity contribution is 0.574. The smallest absolute Gasteiger partial charge is 0.261 e. The van der Waals surface area contributed by atoms with Crippen LogP contribution in [0.3, 0.4) is 0 Å². The van der Waals surface area contributed by atoms with Crippen LogP contribution in [0.15, 0.2) is 83.9 Å². The van der Waals surface area contributed by atoms with E-state index in [2.05, 4.69) is 9.71 Å². The van der Waals surface area contributed by atoms with Gasteiger partial charge in [0.05, 0.1) is 22.0 Å². The van der Waals surface area contributed by atoms with Crippen LogP contribution in [-0.4, -0.2) is 34.1 Å². The van der Waals surface area contributed by atoms with Crippen molar-refractivity contribution in [1.82, 2.24) is 4.98 Å². The van der Waals surface area contributed by atoms with Crippen molar-refractivity contribution in [2.45, 2.75) is 24.7 Å². The maximum absolute atomic E-state index is 13.1. The van der Waals surface area contributed by atoms with E-state index in [0.29, 0.717) is 24.3 Å². The molecular formula is C26H25N3O4S2. The molecule has 1 fully saturated rings. The highest BCUT2D eigenvalue weighted by molar-refractivity contribution is 7.93. The van der Waals surface area contributed by atoms with Crippen LogP contribution >= 0.6 is 0 Å². The van der Waals surface area contributed by atoms with Gasteiger partial charge in [-0.15, -0.1) is 0 Å². The summed E-state index contributed by atoms with van der Waals surface area (Å²) in [4.78, 5) is 4.63. The maximum Gasteiger partial charge on any atom is 0.261 e. The molecule has 0 saturated carbocycles. The van der Waals surface area contributed by atoms with Gasteiger partial charge in [-0.1, -0.05) is 30.3 Å². The van der Waals surface area contributed by atoms with E-state index in [1.807, 2.05) is 43.3 Å². The standard InChI is InChI=1S/C26H25N3O4S2/c1-19-8-9-21(18-25(19)26-24-7-3-2-6-20(24)14-15-27-26)28-35(32,33)23-12-10-22(11-13-23)29-16-4-5-17-34(29,30)31/h2-3,6-15,18,28H,4-5,16-17H2,1H3. The van der Waals surface area contributed by atoms with Gasteiger partial charge in [0, 0.05) is 29.4 Å². The van der Waals surface area contributed by atoms with E-state index in [1.165, 1.54) is 28.6 Å². The number of benzene rings is 3. The van der Waals surface area contributed by atoms with E-state index in [9.17, 15) is 16.8 Å². The SMILES string of the molecule is Cc1ccc(NS(=O)(=O)c2ccc(N3CCCCS3(=O)=O)cc2)cc1-c1nccc2ccccc12. The van der Waals surface area contributed by atoms with Gasteiger partial charge in [0.2, 0.25) is 10.0 Å². The van der Waals surface area contributed by atoms with Gasteiger partial charge in [-0.05, 0) is 73.2 Å². The van der Waals surface area contributed by atoms with Gasteiger partial charge >= 0.3 is 0 Å². The fourth-order valence-electron chi connectivity index (χ4n) is 4.36. The van der Waals surface area contributed by atoms with Crippen LogP contribution in [0.4, 0.5) is 11.4 Å². The summed E-state index contributed by atoms with van der Waals surface area (Å²) in [5, 5.41) is 2.04. The monoisotopic (exact) mass is 507 g/mol. The molecule has 0 unspecified atom stereocenters. The molecule has 0 radical (unpaired) electrons. The molecule has 1 aliphatic rings. The van der Waals surface area contributed by atoms with E-state index in [4.69, 9.17) is 0 Å². The van der Waals surface area contributed by atoms with E-state index in [0.717, 1.165) is 34.0 Å². The zero-order valence-corrected chi connectivity index (χ0v) is 20.8. The molecule has 35 heavy (non-hydrogen) atoms. The number of rotatable bonds is 5. The first-order valence-corrected chi connectivity index (χ1v) is 14.4. The summed E-state index contributed by atoms with van der Waals surface area (Å²) in [7, 11) is -7.24. The lowest BCUT2D eigenvalue weighted by atomic mass is 10.00. The number of nitrogens with zero attached hydrogens (tertiary/aromatic N) is 2. The molecule has 0 amide bonds.